The van der Waals surface area contributed by atoms with Gasteiger partial charge < -0.3 is 20.1 Å². The Morgan fingerprint density at radius 2 is 0.732 bits per heavy atom. The van der Waals surface area contributed by atoms with Crippen LogP contribution in [0.1, 0.15) is 168 Å². The summed E-state index contributed by atoms with van der Waals surface area (Å²) in [6.45, 7) is 3.39. The van der Waals surface area contributed by atoms with Crippen molar-refractivity contribution in [3.05, 3.63) is 170 Å². The van der Waals surface area contributed by atoms with E-state index < -0.39 is 32.5 Å². The molecule has 0 aromatic rings. The first-order chi connectivity index (χ1) is 34.8. The molecule has 71 heavy (non-hydrogen) atoms. The molecule has 0 spiro atoms. The Hall–Kier alpha value is -4.63. The van der Waals surface area contributed by atoms with Crippen molar-refractivity contribution in [1.29, 1.82) is 0 Å². The van der Waals surface area contributed by atoms with Gasteiger partial charge in [-0.15, -0.1) is 0 Å². The highest BCUT2D eigenvalue weighted by atomic mass is 31.2. The maximum absolute atomic E-state index is 12.7. The minimum Gasteiger partial charge on any atom is -0.462 e. The van der Waals surface area contributed by atoms with Crippen molar-refractivity contribution in [2.45, 2.75) is 174 Å². The van der Waals surface area contributed by atoms with Crippen LogP contribution in [-0.2, 0) is 32.7 Å². The van der Waals surface area contributed by atoms with E-state index in [-0.39, 0.29) is 32.6 Å². The molecular weight excluding hydrogens is 906 g/mol. The topological polar surface area (TPSA) is 134 Å². The van der Waals surface area contributed by atoms with Gasteiger partial charge in [0.1, 0.15) is 6.61 Å². The molecule has 396 valence electrons. The molecule has 0 saturated carbocycles. The SMILES string of the molecule is CC/C=C\C/C=C\C/C=C\C/C=C\C/C=C\C/C=C\C/C=C\C/C=C\C/C=C\C/C=C\CCCCC(=O)OC(COC(=O)CCCCCC/C=C\C/C=C\C/C=C\C/C=C\CC)COP(=O)(O)OCCN. The summed E-state index contributed by atoms with van der Waals surface area (Å²) in [6.07, 6.45) is 81.2. The smallest absolute Gasteiger partial charge is 0.462 e. The Labute approximate surface area is 431 Å². The van der Waals surface area contributed by atoms with E-state index in [9.17, 15) is 19.0 Å². The maximum atomic E-state index is 12.7. The zero-order chi connectivity index (χ0) is 51.7. The summed E-state index contributed by atoms with van der Waals surface area (Å²) >= 11 is 0. The van der Waals surface area contributed by atoms with Crippen LogP contribution in [0.5, 0.6) is 0 Å². The monoisotopic (exact) mass is 1000 g/mol. The average Bonchev–Trinajstić information content (AvgIpc) is 3.36. The molecule has 0 rings (SSSR count). The molecule has 0 aliphatic heterocycles. The molecular formula is C61H94NO8P. The fraction of sp³-hybridized carbons (Fsp3) is 0.508. The van der Waals surface area contributed by atoms with E-state index in [0.29, 0.717) is 12.8 Å². The molecule has 0 fully saturated rings. The van der Waals surface area contributed by atoms with Gasteiger partial charge in [-0.05, 0) is 128 Å². The number of hydrogen-bond acceptors (Lipinski definition) is 8. The first-order valence-corrected chi connectivity index (χ1v) is 28.1. The van der Waals surface area contributed by atoms with Crippen LogP contribution in [0, 0.1) is 0 Å². The van der Waals surface area contributed by atoms with Crippen LogP contribution < -0.4 is 5.73 Å². The number of unbranched alkanes of at least 4 members (excludes halogenated alkanes) is 6. The second-order valence-electron chi connectivity index (χ2n) is 16.6. The molecule has 0 aromatic heterocycles. The number of allylic oxidation sites excluding steroid dienone is 28. The van der Waals surface area contributed by atoms with Crippen molar-refractivity contribution >= 4 is 19.8 Å². The lowest BCUT2D eigenvalue weighted by molar-refractivity contribution is -0.161. The molecule has 0 bridgehead atoms. The molecule has 3 N–H and O–H groups in total. The van der Waals surface area contributed by atoms with Crippen molar-refractivity contribution in [1.82, 2.24) is 0 Å². The number of nitrogens with two attached hydrogens (primary N) is 1. The van der Waals surface area contributed by atoms with Gasteiger partial charge in [-0.2, -0.15) is 0 Å². The van der Waals surface area contributed by atoms with E-state index in [0.717, 1.165) is 128 Å². The minimum atomic E-state index is -4.42. The van der Waals surface area contributed by atoms with Gasteiger partial charge in [0.05, 0.1) is 13.2 Å². The molecule has 0 heterocycles. The number of phosphoric acid groups is 1. The lowest BCUT2D eigenvalue weighted by Crippen LogP contribution is -2.29. The third-order valence-corrected chi connectivity index (χ3v) is 11.1. The number of carbonyl (C=O) groups excluding carboxylic acids is 2. The fourth-order valence-electron chi connectivity index (χ4n) is 6.24. The number of ether oxygens (including phenoxy) is 2. The fourth-order valence-corrected chi connectivity index (χ4v) is 7.00. The Morgan fingerprint density at radius 1 is 0.423 bits per heavy atom. The predicted octanol–water partition coefficient (Wildman–Crippen LogP) is 16.7. The van der Waals surface area contributed by atoms with E-state index in [4.69, 9.17) is 24.3 Å². The van der Waals surface area contributed by atoms with Crippen molar-refractivity contribution in [3.63, 3.8) is 0 Å². The number of hydrogen-bond donors (Lipinski definition) is 2. The van der Waals surface area contributed by atoms with Crippen LogP contribution in [0.25, 0.3) is 0 Å². The summed E-state index contributed by atoms with van der Waals surface area (Å²) < 4.78 is 32.8. The Balaban J connectivity index is 4.21. The standard InChI is InChI=1S/C61H94NO8P/c1-3-5-7-9-11-13-15-17-19-21-22-23-24-25-26-27-28-29-30-31-32-33-34-35-36-38-40-42-44-46-48-50-52-54-61(64)70-59(58-69-71(65,66)68-56-55-62)57-67-60(63)53-51-49-47-45-43-41-39-37-20-18-16-14-12-10-8-6-4-2/h5-8,11-14,17-20,22-23,25-26,28-29,31-32,34-35,38-41,44,46,59H,3-4,9-10,15-16,21,24,27,30,33,36-37,42-43,45,47-58,62H2,1-2H3,(H,65,66)/b7-5-,8-6-,13-11-,14-12-,19-17-,20-18-,23-22-,26-25-,29-28-,32-31-,35-34-,40-38-,41-39-,46-44-. The average molecular weight is 1000 g/mol. The Morgan fingerprint density at radius 3 is 1.10 bits per heavy atom. The number of phosphoric ester groups is 1. The first-order valence-electron chi connectivity index (χ1n) is 26.6. The van der Waals surface area contributed by atoms with Crippen molar-refractivity contribution in [2.24, 2.45) is 5.73 Å². The highest BCUT2D eigenvalue weighted by Gasteiger charge is 2.26. The van der Waals surface area contributed by atoms with E-state index >= 15 is 0 Å². The van der Waals surface area contributed by atoms with E-state index in [1.54, 1.807) is 0 Å². The molecule has 10 heteroatoms. The molecule has 9 nitrogen and oxygen atoms in total. The third kappa shape index (κ3) is 54.6. The van der Waals surface area contributed by atoms with E-state index in [1.165, 1.54) is 0 Å². The largest absolute Gasteiger partial charge is 0.472 e. The molecule has 2 unspecified atom stereocenters. The predicted molar refractivity (Wildman–Crippen MR) is 302 cm³/mol. The van der Waals surface area contributed by atoms with Gasteiger partial charge in [-0.3, -0.25) is 18.6 Å². The van der Waals surface area contributed by atoms with Gasteiger partial charge >= 0.3 is 19.8 Å². The van der Waals surface area contributed by atoms with E-state index in [2.05, 4.69) is 184 Å². The molecule has 0 radical (unpaired) electrons. The quantitative estimate of drug-likeness (QED) is 0.0264. The maximum Gasteiger partial charge on any atom is 0.472 e. The van der Waals surface area contributed by atoms with Crippen molar-refractivity contribution in [3.8, 4) is 0 Å². The lowest BCUT2D eigenvalue weighted by Gasteiger charge is -2.19. The summed E-state index contributed by atoms with van der Waals surface area (Å²) in [5.74, 6) is -0.926. The highest BCUT2D eigenvalue weighted by molar-refractivity contribution is 7.47. The normalized spacial score (nSPS) is 14.5. The van der Waals surface area contributed by atoms with Gasteiger partial charge in [0, 0.05) is 19.4 Å². The molecule has 0 saturated heterocycles. The van der Waals surface area contributed by atoms with Crippen molar-refractivity contribution < 1.29 is 37.6 Å². The minimum absolute atomic E-state index is 0.0319. The molecule has 0 aliphatic carbocycles. The molecule has 0 aliphatic rings. The van der Waals surface area contributed by atoms with Crippen LogP contribution in [0.2, 0.25) is 0 Å². The van der Waals surface area contributed by atoms with Gasteiger partial charge in [-0.25, -0.2) is 4.57 Å². The van der Waals surface area contributed by atoms with Gasteiger partial charge in [-0.1, -0.05) is 197 Å². The second kappa shape index (κ2) is 54.7. The second-order valence-corrected chi connectivity index (χ2v) is 18.1. The zero-order valence-electron chi connectivity index (χ0n) is 43.9. The lowest BCUT2D eigenvalue weighted by atomic mass is 10.1. The zero-order valence-corrected chi connectivity index (χ0v) is 44.8. The highest BCUT2D eigenvalue weighted by Crippen LogP contribution is 2.43. The van der Waals surface area contributed by atoms with Crippen molar-refractivity contribution in [2.75, 3.05) is 26.4 Å². The summed E-state index contributed by atoms with van der Waals surface area (Å²) in [7, 11) is -4.42. The molecule has 0 amide bonds. The number of esters is 2. The third-order valence-electron chi connectivity index (χ3n) is 10.1. The van der Waals surface area contributed by atoms with Crippen LogP contribution in [-0.4, -0.2) is 49.3 Å². The van der Waals surface area contributed by atoms with Crippen LogP contribution in [0.4, 0.5) is 0 Å². The number of carbonyl (C=O) groups is 2. The Bertz CT molecular complexity index is 1760. The van der Waals surface area contributed by atoms with Gasteiger partial charge in [0.15, 0.2) is 6.10 Å². The van der Waals surface area contributed by atoms with Crippen LogP contribution in [0.15, 0.2) is 170 Å². The summed E-state index contributed by atoms with van der Waals surface area (Å²) in [5.41, 5.74) is 5.36. The summed E-state index contributed by atoms with van der Waals surface area (Å²) in [6, 6.07) is 0. The van der Waals surface area contributed by atoms with E-state index in [1.807, 2.05) is 0 Å². The van der Waals surface area contributed by atoms with Crippen LogP contribution >= 0.6 is 7.82 Å². The summed E-state index contributed by atoms with van der Waals surface area (Å²) in [4.78, 5) is 35.0. The van der Waals surface area contributed by atoms with Gasteiger partial charge in [0.2, 0.25) is 0 Å². The van der Waals surface area contributed by atoms with Gasteiger partial charge in [0.25, 0.3) is 0 Å². The Kier molecular flexibility index (Phi) is 51.1. The van der Waals surface area contributed by atoms with Crippen LogP contribution in [0.3, 0.4) is 0 Å². The first kappa shape index (κ1) is 66.4. The molecule has 2 atom stereocenters. The molecule has 0 aromatic carbocycles. The summed E-state index contributed by atoms with van der Waals surface area (Å²) in [5, 5.41) is 0. The number of rotatable bonds is 47.